The lowest BCUT2D eigenvalue weighted by molar-refractivity contribution is -0.123. The lowest BCUT2D eigenvalue weighted by atomic mass is 10.3. The van der Waals surface area contributed by atoms with Gasteiger partial charge in [0.1, 0.15) is 5.69 Å². The summed E-state index contributed by atoms with van der Waals surface area (Å²) < 4.78 is 19.8. The highest BCUT2D eigenvalue weighted by molar-refractivity contribution is 7.13. The minimum atomic E-state index is -0.526. The van der Waals surface area contributed by atoms with Gasteiger partial charge >= 0.3 is 0 Å². The highest BCUT2D eigenvalue weighted by Crippen LogP contribution is 2.21. The molecule has 0 spiro atoms. The van der Waals surface area contributed by atoms with Gasteiger partial charge in [-0.15, -0.1) is 11.3 Å². The summed E-state index contributed by atoms with van der Waals surface area (Å²) in [5.41, 5.74) is 0.455. The second kappa shape index (κ2) is 8.39. The van der Waals surface area contributed by atoms with Gasteiger partial charge in [0, 0.05) is 12.6 Å². The lowest BCUT2D eigenvalue weighted by Gasteiger charge is -2.09. The van der Waals surface area contributed by atoms with Gasteiger partial charge < -0.3 is 10.1 Å². The molecule has 0 atom stereocenters. The number of benzene rings is 1. The zero-order valence-corrected chi connectivity index (χ0v) is 14.5. The Morgan fingerprint density at radius 1 is 1.19 bits per heavy atom. The minimum absolute atomic E-state index is 0.0178. The smallest absolute Gasteiger partial charge is 0.266 e. The molecule has 1 aromatic carbocycles. The van der Waals surface area contributed by atoms with Gasteiger partial charge in [-0.25, -0.2) is 9.07 Å². The number of carbonyl (C=O) groups is 1. The number of nitrogens with one attached hydrogen (secondary N) is 1. The van der Waals surface area contributed by atoms with Crippen LogP contribution in [0.4, 0.5) is 4.39 Å². The summed E-state index contributed by atoms with van der Waals surface area (Å²) in [6.45, 7) is 0.127. The van der Waals surface area contributed by atoms with E-state index >= 15 is 0 Å². The summed E-state index contributed by atoms with van der Waals surface area (Å²) in [6.07, 6.45) is 0. The fraction of sp³-hybridized carbons (Fsp3) is 0.167. The first kappa shape index (κ1) is 17.8. The molecule has 0 aliphatic heterocycles. The molecule has 0 aliphatic carbocycles. The average molecular weight is 373 g/mol. The van der Waals surface area contributed by atoms with E-state index in [9.17, 15) is 14.0 Å². The number of nitrogens with zero attached hydrogens (tertiary/aromatic N) is 2. The molecule has 0 fully saturated rings. The van der Waals surface area contributed by atoms with Crippen LogP contribution in [0, 0.1) is 5.82 Å². The van der Waals surface area contributed by atoms with E-state index in [1.54, 1.807) is 12.1 Å². The Labute approximate surface area is 152 Å². The van der Waals surface area contributed by atoms with Crippen molar-refractivity contribution in [1.82, 2.24) is 15.1 Å². The third-order valence-corrected chi connectivity index (χ3v) is 4.37. The number of thiophene rings is 1. The number of hydrogen-bond donors (Lipinski definition) is 1. The quantitative estimate of drug-likeness (QED) is 0.690. The Balaban J connectivity index is 1.51. The maximum Gasteiger partial charge on any atom is 0.266 e. The van der Waals surface area contributed by atoms with Crippen molar-refractivity contribution in [2.45, 2.75) is 6.54 Å². The molecule has 0 radical (unpaired) electrons. The largest absolute Gasteiger partial charge is 0.481 e. The molecule has 1 N–H and O–H groups in total. The van der Waals surface area contributed by atoms with Crippen molar-refractivity contribution < 1.29 is 13.9 Å². The first-order valence-corrected chi connectivity index (χ1v) is 8.77. The molecule has 26 heavy (non-hydrogen) atoms. The molecule has 0 bridgehead atoms. The molecular formula is C18H16FN3O3S. The molecule has 0 saturated carbocycles. The number of halogens is 1. The van der Waals surface area contributed by atoms with Crippen LogP contribution in [0.25, 0.3) is 10.6 Å². The summed E-state index contributed by atoms with van der Waals surface area (Å²) in [4.78, 5) is 24.6. The average Bonchev–Trinajstić information content (AvgIpc) is 3.17. The zero-order chi connectivity index (χ0) is 18.4. The molecule has 2 aromatic heterocycles. The first-order chi connectivity index (χ1) is 12.6. The van der Waals surface area contributed by atoms with Gasteiger partial charge in [0.2, 0.25) is 0 Å². The van der Waals surface area contributed by atoms with Gasteiger partial charge in [-0.1, -0.05) is 18.2 Å². The normalized spacial score (nSPS) is 10.5. The van der Waals surface area contributed by atoms with Crippen molar-refractivity contribution in [3.63, 3.8) is 0 Å². The minimum Gasteiger partial charge on any atom is -0.481 e. The Bertz CT molecular complexity index is 941. The van der Waals surface area contributed by atoms with Gasteiger partial charge in [-0.3, -0.25) is 9.59 Å². The number of ether oxygens (including phenoxy) is 1. The van der Waals surface area contributed by atoms with Crippen LogP contribution in [-0.4, -0.2) is 28.8 Å². The maximum absolute atomic E-state index is 13.4. The van der Waals surface area contributed by atoms with Crippen LogP contribution in [-0.2, 0) is 11.3 Å². The Kier molecular flexibility index (Phi) is 5.75. The number of para-hydroxylation sites is 1. The van der Waals surface area contributed by atoms with E-state index in [0.717, 1.165) is 4.88 Å². The highest BCUT2D eigenvalue weighted by atomic mass is 32.1. The second-order valence-corrected chi connectivity index (χ2v) is 6.27. The Hall–Kier alpha value is -3.00. The molecule has 3 aromatic rings. The van der Waals surface area contributed by atoms with Crippen LogP contribution in [0.5, 0.6) is 5.75 Å². The summed E-state index contributed by atoms with van der Waals surface area (Å²) in [5.74, 6) is -0.915. The van der Waals surface area contributed by atoms with E-state index in [1.165, 1.54) is 40.3 Å². The highest BCUT2D eigenvalue weighted by Gasteiger charge is 2.07. The van der Waals surface area contributed by atoms with E-state index in [0.29, 0.717) is 5.69 Å². The molecule has 6 nitrogen and oxygen atoms in total. The van der Waals surface area contributed by atoms with E-state index in [2.05, 4.69) is 10.4 Å². The van der Waals surface area contributed by atoms with Gasteiger partial charge in [0.25, 0.3) is 11.5 Å². The van der Waals surface area contributed by atoms with Crippen LogP contribution in [0.1, 0.15) is 0 Å². The van der Waals surface area contributed by atoms with Crippen molar-refractivity contribution in [3.05, 3.63) is 70.1 Å². The van der Waals surface area contributed by atoms with Gasteiger partial charge in [0.15, 0.2) is 18.2 Å². The number of amides is 1. The van der Waals surface area contributed by atoms with Gasteiger partial charge in [-0.05, 0) is 29.6 Å². The molecular weight excluding hydrogens is 357 g/mol. The third-order valence-electron chi connectivity index (χ3n) is 3.48. The predicted molar refractivity (Wildman–Crippen MR) is 96.7 cm³/mol. The number of hydrogen-bond acceptors (Lipinski definition) is 5. The SMILES string of the molecule is O=C(COc1ccccc1F)NCCn1nc(-c2cccs2)ccc1=O. The molecule has 3 rings (SSSR count). The van der Waals surface area contributed by atoms with Crippen LogP contribution in [0.2, 0.25) is 0 Å². The fourth-order valence-corrected chi connectivity index (χ4v) is 2.91. The molecule has 1 amide bonds. The lowest BCUT2D eigenvalue weighted by Crippen LogP contribution is -2.34. The summed E-state index contributed by atoms with van der Waals surface area (Å²) in [6, 6.07) is 12.8. The maximum atomic E-state index is 13.4. The number of rotatable bonds is 7. The van der Waals surface area contributed by atoms with Crippen molar-refractivity contribution >= 4 is 17.2 Å². The molecule has 2 heterocycles. The summed E-state index contributed by atoms with van der Waals surface area (Å²) in [7, 11) is 0. The van der Waals surface area contributed by atoms with Gasteiger partial charge in [0.05, 0.1) is 11.4 Å². The van der Waals surface area contributed by atoms with Crippen LogP contribution in [0.3, 0.4) is 0 Å². The molecule has 134 valence electrons. The van der Waals surface area contributed by atoms with E-state index in [1.807, 2.05) is 17.5 Å². The summed E-state index contributed by atoms with van der Waals surface area (Å²) in [5, 5.41) is 8.85. The zero-order valence-electron chi connectivity index (χ0n) is 13.7. The summed E-state index contributed by atoms with van der Waals surface area (Å²) >= 11 is 1.53. The fourth-order valence-electron chi connectivity index (χ4n) is 2.22. The Morgan fingerprint density at radius 2 is 2.04 bits per heavy atom. The first-order valence-electron chi connectivity index (χ1n) is 7.89. The van der Waals surface area contributed by atoms with Gasteiger partial charge in [-0.2, -0.15) is 5.10 Å². The topological polar surface area (TPSA) is 73.2 Å². The van der Waals surface area contributed by atoms with Crippen LogP contribution < -0.4 is 15.6 Å². The Morgan fingerprint density at radius 3 is 2.81 bits per heavy atom. The van der Waals surface area contributed by atoms with Crippen molar-refractivity contribution in [1.29, 1.82) is 0 Å². The molecule has 8 heteroatoms. The van der Waals surface area contributed by atoms with Crippen molar-refractivity contribution in [2.75, 3.05) is 13.2 Å². The monoisotopic (exact) mass is 373 g/mol. The van der Waals surface area contributed by atoms with E-state index in [-0.39, 0.29) is 31.0 Å². The molecule has 0 unspecified atom stereocenters. The van der Waals surface area contributed by atoms with E-state index in [4.69, 9.17) is 4.74 Å². The van der Waals surface area contributed by atoms with Crippen molar-refractivity contribution in [2.24, 2.45) is 0 Å². The predicted octanol–water partition coefficient (Wildman–Crippen LogP) is 2.31. The second-order valence-electron chi connectivity index (χ2n) is 5.33. The van der Waals surface area contributed by atoms with Crippen LogP contribution in [0.15, 0.2) is 58.7 Å². The number of aromatic nitrogens is 2. The number of carbonyl (C=O) groups excluding carboxylic acids is 1. The van der Waals surface area contributed by atoms with Crippen molar-refractivity contribution in [3.8, 4) is 16.3 Å². The van der Waals surface area contributed by atoms with E-state index < -0.39 is 11.7 Å². The molecule has 0 saturated heterocycles. The standard InChI is InChI=1S/C18H16FN3O3S/c19-13-4-1-2-5-15(13)25-12-17(23)20-9-10-22-18(24)8-7-14(21-22)16-6-3-11-26-16/h1-8,11H,9-10,12H2,(H,20,23). The molecule has 0 aliphatic rings. The van der Waals surface area contributed by atoms with Crippen LogP contribution >= 0.6 is 11.3 Å². The third kappa shape index (κ3) is 4.54.